The minimum Gasteiger partial charge on any atom is -0.130 e. The molecule has 0 aromatic rings. The summed E-state index contributed by atoms with van der Waals surface area (Å²) in [6.45, 7) is 2.37. The third-order valence-electron chi connectivity index (χ3n) is 2.37. The van der Waals surface area contributed by atoms with Crippen LogP contribution in [0.5, 0.6) is 0 Å². The quantitative estimate of drug-likeness (QED) is 0.498. The number of hydrogen-bond acceptors (Lipinski definition) is 1. The molecule has 1 aliphatic heterocycles. The highest BCUT2D eigenvalue weighted by atomic mass is 32.2. The van der Waals surface area contributed by atoms with Crippen molar-refractivity contribution in [3.63, 3.8) is 0 Å². The predicted octanol–water partition coefficient (Wildman–Crippen LogP) is 2.66. The first-order valence-corrected chi connectivity index (χ1v) is 4.62. The van der Waals surface area contributed by atoms with Gasteiger partial charge in [0, 0.05) is 5.25 Å². The van der Waals surface area contributed by atoms with Crippen LogP contribution < -0.4 is 0 Å². The molecule has 0 radical (unpaired) electrons. The summed E-state index contributed by atoms with van der Waals surface area (Å²) >= 11 is 2.04. The monoisotopic (exact) mass is 140 g/mol. The Kier molecular flexibility index (Phi) is 1.33. The number of rotatable bonds is 0. The van der Waals surface area contributed by atoms with Crippen molar-refractivity contribution in [1.82, 2.24) is 0 Å². The average molecular weight is 140 g/mol. The summed E-state index contributed by atoms with van der Waals surface area (Å²) in [5.74, 6) is 1.92. The average Bonchev–Trinajstić information content (AvgIpc) is 2.22. The largest absolute Gasteiger partial charge is 0.130 e. The van der Waals surface area contributed by atoms with Gasteiger partial charge < -0.3 is 0 Å². The second kappa shape index (κ2) is 2.05. The summed E-state index contributed by atoms with van der Waals surface area (Å²) in [6.07, 6.45) is 5.27. The van der Waals surface area contributed by atoms with Gasteiger partial charge in [0.25, 0.3) is 0 Å². The standard InChI is InChI=1S/C8H12S/c1-6-4-7-2-3-9-8(7)5-6/h2-3,6-8H,4-5H2,1H3. The van der Waals surface area contributed by atoms with Crippen LogP contribution in [-0.2, 0) is 0 Å². The fraction of sp³-hybridized carbons (Fsp3) is 0.750. The first kappa shape index (κ1) is 5.84. The molecule has 0 amide bonds. The Morgan fingerprint density at radius 1 is 1.44 bits per heavy atom. The molecule has 3 unspecified atom stereocenters. The van der Waals surface area contributed by atoms with E-state index in [1.807, 2.05) is 11.8 Å². The maximum absolute atomic E-state index is 2.39. The first-order chi connectivity index (χ1) is 4.36. The van der Waals surface area contributed by atoms with E-state index in [-0.39, 0.29) is 0 Å². The maximum Gasteiger partial charge on any atom is 0.0154 e. The molecule has 2 aliphatic rings. The third-order valence-corrected chi connectivity index (χ3v) is 3.57. The van der Waals surface area contributed by atoms with Gasteiger partial charge in [-0.3, -0.25) is 0 Å². The Bertz CT molecular complexity index is 140. The van der Waals surface area contributed by atoms with Crippen molar-refractivity contribution in [2.45, 2.75) is 25.0 Å². The van der Waals surface area contributed by atoms with Gasteiger partial charge in [-0.25, -0.2) is 0 Å². The van der Waals surface area contributed by atoms with Crippen LogP contribution in [0.2, 0.25) is 0 Å². The van der Waals surface area contributed by atoms with Gasteiger partial charge >= 0.3 is 0 Å². The zero-order chi connectivity index (χ0) is 6.27. The van der Waals surface area contributed by atoms with E-state index in [2.05, 4.69) is 18.4 Å². The van der Waals surface area contributed by atoms with Crippen LogP contribution in [0.1, 0.15) is 19.8 Å². The molecule has 0 nitrogen and oxygen atoms in total. The molecule has 1 saturated carbocycles. The summed E-state index contributed by atoms with van der Waals surface area (Å²) in [7, 11) is 0. The molecule has 1 heteroatoms. The Morgan fingerprint density at radius 2 is 2.33 bits per heavy atom. The molecule has 50 valence electrons. The minimum absolute atomic E-state index is 0.935. The molecule has 3 atom stereocenters. The van der Waals surface area contributed by atoms with Gasteiger partial charge in [0.1, 0.15) is 0 Å². The van der Waals surface area contributed by atoms with Gasteiger partial charge in [0.05, 0.1) is 0 Å². The van der Waals surface area contributed by atoms with Gasteiger partial charge in [0.15, 0.2) is 0 Å². The molecule has 0 bridgehead atoms. The molecule has 1 heterocycles. The lowest BCUT2D eigenvalue weighted by Crippen LogP contribution is -2.00. The van der Waals surface area contributed by atoms with Crippen molar-refractivity contribution in [2.75, 3.05) is 0 Å². The molecule has 0 saturated heterocycles. The van der Waals surface area contributed by atoms with Crippen molar-refractivity contribution in [2.24, 2.45) is 11.8 Å². The number of allylic oxidation sites excluding steroid dienone is 1. The topological polar surface area (TPSA) is 0 Å². The Hall–Kier alpha value is 0.0900. The van der Waals surface area contributed by atoms with Gasteiger partial charge in [-0.15, -0.1) is 11.8 Å². The van der Waals surface area contributed by atoms with Gasteiger partial charge in [-0.05, 0) is 30.1 Å². The van der Waals surface area contributed by atoms with Crippen LogP contribution >= 0.6 is 11.8 Å². The van der Waals surface area contributed by atoms with Crippen molar-refractivity contribution in [3.05, 3.63) is 11.5 Å². The molecule has 2 rings (SSSR count). The molecule has 9 heavy (non-hydrogen) atoms. The Labute approximate surface area is 60.7 Å². The maximum atomic E-state index is 2.39. The van der Waals surface area contributed by atoms with Crippen LogP contribution in [0.3, 0.4) is 0 Å². The normalized spacial score (nSPS) is 47.9. The van der Waals surface area contributed by atoms with Gasteiger partial charge in [0.2, 0.25) is 0 Å². The molecule has 0 N–H and O–H groups in total. The fourth-order valence-electron chi connectivity index (χ4n) is 1.89. The second-order valence-electron chi connectivity index (χ2n) is 3.24. The lowest BCUT2D eigenvalue weighted by atomic mass is 10.1. The molecule has 0 spiro atoms. The highest BCUT2D eigenvalue weighted by Gasteiger charge is 2.32. The molecular formula is C8H12S. The Balaban J connectivity index is 2.08. The molecule has 1 fully saturated rings. The van der Waals surface area contributed by atoms with Crippen molar-refractivity contribution in [3.8, 4) is 0 Å². The fourth-order valence-corrected chi connectivity index (χ4v) is 3.23. The highest BCUT2D eigenvalue weighted by molar-refractivity contribution is 8.03. The van der Waals surface area contributed by atoms with Crippen LogP contribution in [0.4, 0.5) is 0 Å². The van der Waals surface area contributed by atoms with E-state index < -0.39 is 0 Å². The van der Waals surface area contributed by atoms with Gasteiger partial charge in [-0.2, -0.15) is 0 Å². The summed E-state index contributed by atoms with van der Waals surface area (Å²) in [6, 6.07) is 0. The van der Waals surface area contributed by atoms with E-state index in [0.29, 0.717) is 0 Å². The second-order valence-corrected chi connectivity index (χ2v) is 4.39. The summed E-state index contributed by atoms with van der Waals surface area (Å²) < 4.78 is 0. The number of thioether (sulfide) groups is 1. The van der Waals surface area contributed by atoms with E-state index in [1.165, 1.54) is 12.8 Å². The van der Waals surface area contributed by atoms with Gasteiger partial charge in [-0.1, -0.05) is 13.0 Å². The van der Waals surface area contributed by atoms with E-state index >= 15 is 0 Å². The van der Waals surface area contributed by atoms with Crippen molar-refractivity contribution in [1.29, 1.82) is 0 Å². The molecular weight excluding hydrogens is 128 g/mol. The van der Waals surface area contributed by atoms with Crippen LogP contribution in [0.25, 0.3) is 0 Å². The zero-order valence-electron chi connectivity index (χ0n) is 5.71. The lowest BCUT2D eigenvalue weighted by molar-refractivity contribution is 0.586. The molecule has 1 aliphatic carbocycles. The van der Waals surface area contributed by atoms with E-state index in [1.54, 1.807) is 0 Å². The Morgan fingerprint density at radius 3 is 3.11 bits per heavy atom. The number of hydrogen-bond donors (Lipinski definition) is 0. The van der Waals surface area contributed by atoms with E-state index in [9.17, 15) is 0 Å². The number of fused-ring (bicyclic) bond motifs is 1. The summed E-state index contributed by atoms with van der Waals surface area (Å²) in [5.41, 5.74) is 0. The van der Waals surface area contributed by atoms with Crippen LogP contribution in [-0.4, -0.2) is 5.25 Å². The van der Waals surface area contributed by atoms with Crippen LogP contribution in [0, 0.1) is 11.8 Å². The van der Waals surface area contributed by atoms with Crippen LogP contribution in [0.15, 0.2) is 11.5 Å². The predicted molar refractivity (Wildman–Crippen MR) is 42.4 cm³/mol. The minimum atomic E-state index is 0.935. The SMILES string of the molecule is CC1CC2C=CSC2C1. The summed E-state index contributed by atoms with van der Waals surface area (Å²) in [5, 5.41) is 3.24. The lowest BCUT2D eigenvalue weighted by Gasteiger charge is -2.03. The smallest absolute Gasteiger partial charge is 0.0154 e. The van der Waals surface area contributed by atoms with Crippen molar-refractivity contribution < 1.29 is 0 Å². The molecule has 0 aromatic heterocycles. The third kappa shape index (κ3) is 0.917. The van der Waals surface area contributed by atoms with Crippen molar-refractivity contribution >= 4 is 11.8 Å². The zero-order valence-corrected chi connectivity index (χ0v) is 6.53. The van der Waals surface area contributed by atoms with E-state index in [0.717, 1.165) is 17.1 Å². The highest BCUT2D eigenvalue weighted by Crippen LogP contribution is 2.44. The molecule has 0 aromatic carbocycles. The first-order valence-electron chi connectivity index (χ1n) is 3.68. The van der Waals surface area contributed by atoms with E-state index in [4.69, 9.17) is 0 Å². The summed E-state index contributed by atoms with van der Waals surface area (Å²) in [4.78, 5) is 0.